The number of aryl methyl sites for hydroxylation is 1. The van der Waals surface area contributed by atoms with E-state index in [0.29, 0.717) is 5.41 Å². The highest BCUT2D eigenvalue weighted by atomic mass is 32.1. The van der Waals surface area contributed by atoms with E-state index in [0.717, 1.165) is 16.7 Å². The van der Waals surface area contributed by atoms with Crippen LogP contribution in [-0.2, 0) is 0 Å². The van der Waals surface area contributed by atoms with Gasteiger partial charge in [0.2, 0.25) is 5.13 Å². The molecule has 15 heavy (non-hydrogen) atoms. The summed E-state index contributed by atoms with van der Waals surface area (Å²) < 4.78 is 0. The highest BCUT2D eigenvalue weighted by Gasteiger charge is 2.26. The molecular weight excluding hydrogens is 206 g/mol. The maximum atomic E-state index is 4.09. The van der Waals surface area contributed by atoms with Crippen molar-refractivity contribution in [2.75, 3.05) is 11.9 Å². The Hall–Kier alpha value is -0.640. The molecule has 1 aliphatic carbocycles. The molecule has 0 bridgehead atoms. The van der Waals surface area contributed by atoms with Crippen LogP contribution in [0.2, 0.25) is 0 Å². The van der Waals surface area contributed by atoms with E-state index in [-0.39, 0.29) is 0 Å². The number of hydrogen-bond acceptors (Lipinski definition) is 4. The summed E-state index contributed by atoms with van der Waals surface area (Å²) in [6, 6.07) is 0. The fourth-order valence-electron chi connectivity index (χ4n) is 2.24. The van der Waals surface area contributed by atoms with Gasteiger partial charge in [-0.1, -0.05) is 37.5 Å². The Morgan fingerprint density at radius 2 is 2.00 bits per heavy atom. The fourth-order valence-corrected chi connectivity index (χ4v) is 2.83. The number of anilines is 1. The molecule has 1 aromatic heterocycles. The fraction of sp³-hybridized carbons (Fsp3) is 0.818. The first kappa shape index (κ1) is 10.9. The van der Waals surface area contributed by atoms with E-state index in [1.807, 2.05) is 6.92 Å². The van der Waals surface area contributed by atoms with Gasteiger partial charge in [-0.3, -0.25) is 0 Å². The summed E-state index contributed by atoms with van der Waals surface area (Å²) in [5.41, 5.74) is 0.470. The van der Waals surface area contributed by atoms with Crippen molar-refractivity contribution in [2.24, 2.45) is 5.41 Å². The van der Waals surface area contributed by atoms with Crippen molar-refractivity contribution in [1.82, 2.24) is 10.2 Å². The SMILES string of the molecule is Cc1nnc(NCC2(C)CCCCC2)s1. The Morgan fingerprint density at radius 1 is 1.27 bits per heavy atom. The second kappa shape index (κ2) is 4.47. The van der Waals surface area contributed by atoms with Crippen LogP contribution in [0.25, 0.3) is 0 Å². The minimum absolute atomic E-state index is 0.470. The van der Waals surface area contributed by atoms with E-state index >= 15 is 0 Å². The summed E-state index contributed by atoms with van der Waals surface area (Å²) >= 11 is 1.64. The third-order valence-corrected chi connectivity index (χ3v) is 4.05. The molecule has 1 N–H and O–H groups in total. The second-order valence-electron chi connectivity index (χ2n) is 4.85. The van der Waals surface area contributed by atoms with E-state index in [4.69, 9.17) is 0 Å². The number of hydrogen-bond donors (Lipinski definition) is 1. The molecule has 1 aliphatic rings. The topological polar surface area (TPSA) is 37.8 Å². The lowest BCUT2D eigenvalue weighted by Gasteiger charge is -2.33. The first-order valence-electron chi connectivity index (χ1n) is 5.72. The zero-order chi connectivity index (χ0) is 10.7. The van der Waals surface area contributed by atoms with Crippen molar-refractivity contribution in [3.63, 3.8) is 0 Å². The van der Waals surface area contributed by atoms with E-state index < -0.39 is 0 Å². The van der Waals surface area contributed by atoms with Gasteiger partial charge >= 0.3 is 0 Å². The van der Waals surface area contributed by atoms with Crippen molar-refractivity contribution in [3.8, 4) is 0 Å². The van der Waals surface area contributed by atoms with Crippen LogP contribution in [0.1, 0.15) is 44.0 Å². The van der Waals surface area contributed by atoms with Gasteiger partial charge in [0.05, 0.1) is 0 Å². The van der Waals surface area contributed by atoms with Gasteiger partial charge in [-0.15, -0.1) is 10.2 Å². The number of nitrogens with zero attached hydrogens (tertiary/aromatic N) is 2. The molecule has 2 rings (SSSR count). The van der Waals surface area contributed by atoms with Gasteiger partial charge in [0, 0.05) is 6.54 Å². The number of aromatic nitrogens is 2. The summed E-state index contributed by atoms with van der Waals surface area (Å²) in [6.45, 7) is 5.42. The van der Waals surface area contributed by atoms with E-state index in [1.165, 1.54) is 32.1 Å². The maximum Gasteiger partial charge on any atom is 0.205 e. The summed E-state index contributed by atoms with van der Waals surface area (Å²) in [5, 5.41) is 13.5. The molecule has 1 aromatic rings. The zero-order valence-electron chi connectivity index (χ0n) is 9.55. The second-order valence-corrected chi connectivity index (χ2v) is 6.03. The van der Waals surface area contributed by atoms with Crippen LogP contribution in [0.3, 0.4) is 0 Å². The van der Waals surface area contributed by atoms with E-state index in [2.05, 4.69) is 22.4 Å². The molecule has 0 spiro atoms. The Bertz CT molecular complexity index is 315. The molecule has 1 saturated carbocycles. The van der Waals surface area contributed by atoms with Gasteiger partial charge < -0.3 is 5.32 Å². The molecule has 0 radical (unpaired) electrons. The number of rotatable bonds is 3. The monoisotopic (exact) mass is 225 g/mol. The van der Waals surface area contributed by atoms with Crippen molar-refractivity contribution >= 4 is 16.5 Å². The average Bonchev–Trinajstić information content (AvgIpc) is 2.63. The molecule has 3 nitrogen and oxygen atoms in total. The van der Waals surface area contributed by atoms with Gasteiger partial charge in [0.15, 0.2) is 0 Å². The minimum Gasteiger partial charge on any atom is -0.360 e. The van der Waals surface area contributed by atoms with Gasteiger partial charge in [-0.25, -0.2) is 0 Å². The Balaban J connectivity index is 1.86. The molecule has 84 valence electrons. The molecule has 0 atom stereocenters. The van der Waals surface area contributed by atoms with Crippen molar-refractivity contribution in [2.45, 2.75) is 46.0 Å². The first-order valence-corrected chi connectivity index (χ1v) is 6.54. The third kappa shape index (κ3) is 2.91. The van der Waals surface area contributed by atoms with Crippen molar-refractivity contribution < 1.29 is 0 Å². The normalized spacial score (nSPS) is 20.1. The maximum absolute atomic E-state index is 4.09. The third-order valence-electron chi connectivity index (χ3n) is 3.25. The molecule has 0 amide bonds. The lowest BCUT2D eigenvalue weighted by atomic mass is 9.76. The predicted octanol–water partition coefficient (Wildman–Crippen LogP) is 3.23. The molecule has 1 heterocycles. The Labute approximate surface area is 95.3 Å². The van der Waals surface area contributed by atoms with Crippen LogP contribution in [-0.4, -0.2) is 16.7 Å². The van der Waals surface area contributed by atoms with Crippen LogP contribution in [0.15, 0.2) is 0 Å². The summed E-state index contributed by atoms with van der Waals surface area (Å²) in [7, 11) is 0. The Kier molecular flexibility index (Phi) is 3.24. The van der Waals surface area contributed by atoms with Crippen LogP contribution in [0.5, 0.6) is 0 Å². The quantitative estimate of drug-likeness (QED) is 0.858. The molecule has 0 unspecified atom stereocenters. The van der Waals surface area contributed by atoms with Crippen LogP contribution in [0, 0.1) is 12.3 Å². The molecule has 0 aliphatic heterocycles. The molecule has 1 fully saturated rings. The lowest BCUT2D eigenvalue weighted by molar-refractivity contribution is 0.233. The highest BCUT2D eigenvalue weighted by molar-refractivity contribution is 7.15. The van der Waals surface area contributed by atoms with Gasteiger partial charge in [0.1, 0.15) is 5.01 Å². The summed E-state index contributed by atoms with van der Waals surface area (Å²) in [6.07, 6.45) is 6.86. The molecule has 0 aromatic carbocycles. The predicted molar refractivity (Wildman–Crippen MR) is 64.3 cm³/mol. The van der Waals surface area contributed by atoms with E-state index in [1.54, 1.807) is 11.3 Å². The van der Waals surface area contributed by atoms with Crippen LogP contribution in [0.4, 0.5) is 5.13 Å². The summed E-state index contributed by atoms with van der Waals surface area (Å²) in [4.78, 5) is 0. The van der Waals surface area contributed by atoms with Gasteiger partial charge in [-0.05, 0) is 25.2 Å². The largest absolute Gasteiger partial charge is 0.360 e. The highest BCUT2D eigenvalue weighted by Crippen LogP contribution is 2.35. The molecule has 4 heteroatoms. The average molecular weight is 225 g/mol. The smallest absolute Gasteiger partial charge is 0.205 e. The van der Waals surface area contributed by atoms with Crippen LogP contribution < -0.4 is 5.32 Å². The summed E-state index contributed by atoms with van der Waals surface area (Å²) in [5.74, 6) is 0. The zero-order valence-corrected chi connectivity index (χ0v) is 10.4. The Morgan fingerprint density at radius 3 is 2.60 bits per heavy atom. The first-order chi connectivity index (χ1) is 7.18. The molecular formula is C11H19N3S. The lowest BCUT2D eigenvalue weighted by Crippen LogP contribution is -2.28. The number of nitrogens with one attached hydrogen (secondary N) is 1. The van der Waals surface area contributed by atoms with E-state index in [9.17, 15) is 0 Å². The molecule has 0 saturated heterocycles. The van der Waals surface area contributed by atoms with Gasteiger partial charge in [0.25, 0.3) is 0 Å². The van der Waals surface area contributed by atoms with Crippen molar-refractivity contribution in [1.29, 1.82) is 0 Å². The van der Waals surface area contributed by atoms with Gasteiger partial charge in [-0.2, -0.15) is 0 Å². The standard InChI is InChI=1S/C11H19N3S/c1-9-13-14-10(15-9)12-8-11(2)6-4-3-5-7-11/h3-8H2,1-2H3,(H,12,14). The van der Waals surface area contributed by atoms with Crippen molar-refractivity contribution in [3.05, 3.63) is 5.01 Å². The van der Waals surface area contributed by atoms with Crippen LogP contribution >= 0.6 is 11.3 Å². The minimum atomic E-state index is 0.470.